The third kappa shape index (κ3) is 10.8. The SMILES string of the molecule is CC(C)(C)[Si](OC[C@H]1O[C@@H](CCc2cn(S(=O)(=O)c3ccccc3)c3ccccc23)[C@H](OCc2ccccc2)[C@@H](OCc2ccccc2)[C@@H]1OCc1ccccc1)(c1ccccc1)c1ccccc1. The summed E-state index contributed by atoms with van der Waals surface area (Å²) in [5.74, 6) is 0. The van der Waals surface area contributed by atoms with Crippen LogP contribution in [0.1, 0.15) is 49.4 Å². The van der Waals surface area contributed by atoms with E-state index in [1.807, 2.05) is 84.9 Å². The minimum Gasteiger partial charge on any atom is -0.405 e. The maximum atomic E-state index is 14.2. The Kier molecular flexibility index (Phi) is 15.2. The fourth-order valence-corrected chi connectivity index (χ4v) is 15.8. The summed E-state index contributed by atoms with van der Waals surface area (Å²) < 4.78 is 66.4. The maximum Gasteiger partial charge on any atom is 0.268 e. The Hall–Kier alpha value is -5.95. The van der Waals surface area contributed by atoms with Gasteiger partial charge in [0.05, 0.1) is 42.9 Å². The molecule has 0 bridgehead atoms. The van der Waals surface area contributed by atoms with Crippen LogP contribution in [0.15, 0.2) is 217 Å². The number of hydrogen-bond acceptors (Lipinski definition) is 7. The molecule has 10 heteroatoms. The van der Waals surface area contributed by atoms with Crippen LogP contribution in [0.3, 0.4) is 0 Å². The molecule has 0 spiro atoms. The Labute approximate surface area is 408 Å². The second-order valence-electron chi connectivity index (χ2n) is 18.8. The molecule has 354 valence electrons. The van der Waals surface area contributed by atoms with Crippen LogP contribution in [-0.4, -0.2) is 57.8 Å². The molecule has 8 aromatic rings. The molecule has 0 aliphatic carbocycles. The van der Waals surface area contributed by atoms with E-state index in [4.69, 9.17) is 23.4 Å². The van der Waals surface area contributed by atoms with Crippen LogP contribution in [0.25, 0.3) is 10.9 Å². The maximum absolute atomic E-state index is 14.2. The Morgan fingerprint density at radius 1 is 0.522 bits per heavy atom. The van der Waals surface area contributed by atoms with Crippen LogP contribution in [0.2, 0.25) is 5.04 Å². The number of aryl methyl sites for hydroxylation is 1. The van der Waals surface area contributed by atoms with Gasteiger partial charge in [-0.15, -0.1) is 0 Å². The molecule has 7 aromatic carbocycles. The number of hydrogen-bond donors (Lipinski definition) is 0. The lowest BCUT2D eigenvalue weighted by Gasteiger charge is -2.48. The number of rotatable bonds is 19. The highest BCUT2D eigenvalue weighted by molar-refractivity contribution is 7.90. The summed E-state index contributed by atoms with van der Waals surface area (Å²) in [5, 5.41) is 2.91. The van der Waals surface area contributed by atoms with Gasteiger partial charge >= 0.3 is 0 Å². The Morgan fingerprint density at radius 2 is 0.942 bits per heavy atom. The second kappa shape index (κ2) is 21.8. The highest BCUT2D eigenvalue weighted by atomic mass is 32.2. The lowest BCUT2D eigenvalue weighted by atomic mass is 9.91. The van der Waals surface area contributed by atoms with Crippen molar-refractivity contribution in [2.24, 2.45) is 0 Å². The van der Waals surface area contributed by atoms with E-state index in [0.29, 0.717) is 38.2 Å². The summed E-state index contributed by atoms with van der Waals surface area (Å²) in [4.78, 5) is 0.228. The van der Waals surface area contributed by atoms with Crippen LogP contribution in [0, 0.1) is 0 Å². The lowest BCUT2D eigenvalue weighted by molar-refractivity contribution is -0.270. The van der Waals surface area contributed by atoms with E-state index in [0.717, 1.165) is 27.6 Å². The van der Waals surface area contributed by atoms with E-state index in [1.165, 1.54) is 14.3 Å². The molecule has 0 saturated carbocycles. The summed E-state index contributed by atoms with van der Waals surface area (Å²) in [5.41, 5.74) is 4.58. The van der Waals surface area contributed by atoms with Gasteiger partial charge in [0.25, 0.3) is 18.3 Å². The van der Waals surface area contributed by atoms with Gasteiger partial charge in [0, 0.05) is 11.6 Å². The summed E-state index contributed by atoms with van der Waals surface area (Å²) in [6, 6.07) is 68.1. The van der Waals surface area contributed by atoms with Crippen LogP contribution in [0.4, 0.5) is 0 Å². The van der Waals surface area contributed by atoms with E-state index in [-0.39, 0.29) is 16.5 Å². The van der Waals surface area contributed by atoms with Crippen molar-refractivity contribution >= 4 is 39.6 Å². The molecule has 1 fully saturated rings. The van der Waals surface area contributed by atoms with Gasteiger partial charge in [-0.25, -0.2) is 12.4 Å². The topological polar surface area (TPSA) is 85.2 Å². The van der Waals surface area contributed by atoms with Gasteiger partial charge in [0.15, 0.2) is 0 Å². The fraction of sp³-hybridized carbons (Fsp3) is 0.254. The zero-order valence-corrected chi connectivity index (χ0v) is 41.4. The highest BCUT2D eigenvalue weighted by Crippen LogP contribution is 2.39. The first-order valence-electron chi connectivity index (χ1n) is 23.9. The Balaban J connectivity index is 1.14. The van der Waals surface area contributed by atoms with Gasteiger partial charge in [-0.1, -0.05) is 209 Å². The van der Waals surface area contributed by atoms with Crippen molar-refractivity contribution in [3.63, 3.8) is 0 Å². The van der Waals surface area contributed by atoms with Crippen LogP contribution < -0.4 is 10.4 Å². The Bertz CT molecular complexity index is 2910. The summed E-state index contributed by atoms with van der Waals surface area (Å²) >= 11 is 0. The molecule has 2 heterocycles. The van der Waals surface area contributed by atoms with Crippen molar-refractivity contribution < 1.29 is 31.8 Å². The van der Waals surface area contributed by atoms with Crippen molar-refractivity contribution in [2.75, 3.05) is 6.61 Å². The average molecular weight is 956 g/mol. The van der Waals surface area contributed by atoms with Gasteiger partial charge in [-0.2, -0.15) is 0 Å². The minimum absolute atomic E-state index is 0.217. The normalized spacial score (nSPS) is 18.9. The molecule has 0 N–H and O–H groups in total. The van der Waals surface area contributed by atoms with E-state index >= 15 is 0 Å². The molecule has 1 aliphatic heterocycles. The smallest absolute Gasteiger partial charge is 0.268 e. The third-order valence-electron chi connectivity index (χ3n) is 13.2. The van der Waals surface area contributed by atoms with E-state index in [9.17, 15) is 8.42 Å². The van der Waals surface area contributed by atoms with Gasteiger partial charge in [-0.3, -0.25) is 0 Å². The lowest BCUT2D eigenvalue weighted by Crippen LogP contribution is -2.68. The first-order chi connectivity index (χ1) is 33.6. The quantitative estimate of drug-likeness (QED) is 0.0747. The largest absolute Gasteiger partial charge is 0.405 e. The fourth-order valence-electron chi connectivity index (χ4n) is 9.84. The number of nitrogens with zero attached hydrogens (tertiary/aromatic N) is 1. The van der Waals surface area contributed by atoms with E-state index in [1.54, 1.807) is 30.5 Å². The molecule has 9 rings (SSSR count). The van der Waals surface area contributed by atoms with E-state index < -0.39 is 48.9 Å². The van der Waals surface area contributed by atoms with Gasteiger partial charge in [0.2, 0.25) is 0 Å². The minimum atomic E-state index is -3.89. The second-order valence-corrected chi connectivity index (χ2v) is 24.9. The van der Waals surface area contributed by atoms with Gasteiger partial charge in [-0.05, 0) is 68.7 Å². The summed E-state index contributed by atoms with van der Waals surface area (Å²) in [6.45, 7) is 8.01. The van der Waals surface area contributed by atoms with Crippen molar-refractivity contribution in [3.8, 4) is 0 Å². The standard InChI is InChI=1S/C59H61NO7SSi/c1-59(2,3)69(50-32-18-8-19-33-50,51-34-20-9-21-35-51)66-44-55-57(64-42-46-26-12-5-13-27-46)58(65-43-47-28-14-6-15-29-47)56(63-41-45-24-10-4-11-25-45)54(67-55)39-38-48-40-60(53-37-23-22-36-52(48)53)68(61,62)49-30-16-7-17-31-49/h4-37,40,54-58H,38-39,41-44H2,1-3H3/t54-,55+,56-,57+,58+/m0/s1. The number of fused-ring (bicyclic) bond motifs is 1. The summed E-state index contributed by atoms with van der Waals surface area (Å²) in [7, 11) is -6.95. The number of benzene rings is 7. The number of ether oxygens (including phenoxy) is 4. The zero-order chi connectivity index (χ0) is 47.7. The van der Waals surface area contributed by atoms with Crippen molar-refractivity contribution in [1.29, 1.82) is 0 Å². The van der Waals surface area contributed by atoms with Crippen molar-refractivity contribution in [3.05, 3.63) is 235 Å². The van der Waals surface area contributed by atoms with Crippen LogP contribution >= 0.6 is 0 Å². The van der Waals surface area contributed by atoms with Crippen LogP contribution in [0.5, 0.6) is 0 Å². The molecular formula is C59H61NO7SSi. The molecule has 1 aromatic heterocycles. The molecule has 0 unspecified atom stereocenters. The molecule has 1 aliphatic rings. The predicted octanol–water partition coefficient (Wildman–Crippen LogP) is 10.9. The van der Waals surface area contributed by atoms with E-state index in [2.05, 4.69) is 118 Å². The van der Waals surface area contributed by atoms with Crippen molar-refractivity contribution in [2.45, 2.75) is 93.9 Å². The first-order valence-corrected chi connectivity index (χ1v) is 27.2. The van der Waals surface area contributed by atoms with Gasteiger partial charge < -0.3 is 23.4 Å². The molecule has 5 atom stereocenters. The number of aromatic nitrogens is 1. The zero-order valence-electron chi connectivity index (χ0n) is 39.5. The number of para-hydroxylation sites is 1. The highest BCUT2D eigenvalue weighted by Gasteiger charge is 2.53. The Morgan fingerprint density at radius 3 is 1.43 bits per heavy atom. The molecule has 69 heavy (non-hydrogen) atoms. The van der Waals surface area contributed by atoms with Crippen molar-refractivity contribution in [1.82, 2.24) is 3.97 Å². The monoisotopic (exact) mass is 955 g/mol. The predicted molar refractivity (Wildman–Crippen MR) is 277 cm³/mol. The molecule has 0 radical (unpaired) electrons. The molecule has 1 saturated heterocycles. The average Bonchev–Trinajstić information content (AvgIpc) is 3.77. The van der Waals surface area contributed by atoms with Gasteiger partial charge in [0.1, 0.15) is 24.4 Å². The third-order valence-corrected chi connectivity index (χ3v) is 19.9. The first kappa shape index (κ1) is 48.1. The molecule has 0 amide bonds. The summed E-state index contributed by atoms with van der Waals surface area (Å²) in [6.07, 6.45) is -0.188. The molecule has 8 nitrogen and oxygen atoms in total. The molecular weight excluding hydrogens is 895 g/mol. The van der Waals surface area contributed by atoms with Crippen LogP contribution in [-0.2, 0) is 59.6 Å².